The monoisotopic (exact) mass is 208 g/mol. The SMILES string of the molecule is COC(=O)c1ccc2c(c1O)C[C@H](C)O2. The van der Waals surface area contributed by atoms with Crippen LogP contribution in [0.1, 0.15) is 22.8 Å². The number of hydrogen-bond donors (Lipinski definition) is 1. The van der Waals surface area contributed by atoms with Crippen molar-refractivity contribution in [3.8, 4) is 11.5 Å². The number of benzene rings is 1. The van der Waals surface area contributed by atoms with Crippen molar-refractivity contribution in [1.82, 2.24) is 0 Å². The van der Waals surface area contributed by atoms with Crippen molar-refractivity contribution >= 4 is 5.97 Å². The molecule has 0 radical (unpaired) electrons. The van der Waals surface area contributed by atoms with Crippen molar-refractivity contribution in [2.45, 2.75) is 19.4 Å². The summed E-state index contributed by atoms with van der Waals surface area (Å²) in [5, 5.41) is 9.85. The third-order valence-electron chi connectivity index (χ3n) is 2.46. The highest BCUT2D eigenvalue weighted by Gasteiger charge is 2.26. The van der Waals surface area contributed by atoms with Gasteiger partial charge in [-0.25, -0.2) is 4.79 Å². The molecule has 1 atom stereocenters. The lowest BCUT2D eigenvalue weighted by Gasteiger charge is -2.06. The van der Waals surface area contributed by atoms with Crippen molar-refractivity contribution in [2.75, 3.05) is 7.11 Å². The van der Waals surface area contributed by atoms with E-state index >= 15 is 0 Å². The van der Waals surface area contributed by atoms with Crippen molar-refractivity contribution in [3.05, 3.63) is 23.3 Å². The largest absolute Gasteiger partial charge is 0.507 e. The molecule has 15 heavy (non-hydrogen) atoms. The van der Waals surface area contributed by atoms with E-state index in [2.05, 4.69) is 4.74 Å². The van der Waals surface area contributed by atoms with E-state index in [4.69, 9.17) is 4.74 Å². The Morgan fingerprint density at radius 2 is 2.33 bits per heavy atom. The van der Waals surface area contributed by atoms with Gasteiger partial charge in [0.2, 0.25) is 0 Å². The van der Waals surface area contributed by atoms with Crippen LogP contribution in [0.2, 0.25) is 0 Å². The fraction of sp³-hybridized carbons (Fsp3) is 0.364. The number of hydrogen-bond acceptors (Lipinski definition) is 4. The number of carbonyl (C=O) groups excluding carboxylic acids is 1. The molecule has 0 aromatic heterocycles. The topological polar surface area (TPSA) is 55.8 Å². The number of rotatable bonds is 1. The second kappa shape index (κ2) is 3.46. The lowest BCUT2D eigenvalue weighted by Crippen LogP contribution is -2.05. The normalized spacial score (nSPS) is 18.1. The van der Waals surface area contributed by atoms with E-state index in [1.807, 2.05) is 6.92 Å². The van der Waals surface area contributed by atoms with E-state index in [0.717, 1.165) is 0 Å². The van der Waals surface area contributed by atoms with Gasteiger partial charge in [0.15, 0.2) is 0 Å². The average molecular weight is 208 g/mol. The van der Waals surface area contributed by atoms with Gasteiger partial charge in [0.1, 0.15) is 23.2 Å². The second-order valence-corrected chi connectivity index (χ2v) is 3.56. The molecular weight excluding hydrogens is 196 g/mol. The molecule has 1 aliphatic rings. The zero-order valence-electron chi connectivity index (χ0n) is 8.61. The number of fused-ring (bicyclic) bond motifs is 1. The fourth-order valence-electron chi connectivity index (χ4n) is 1.75. The number of phenols is 1. The standard InChI is InChI=1S/C11H12O4/c1-6-5-8-9(15-6)4-3-7(10(8)12)11(13)14-2/h3-4,6,12H,5H2,1-2H3/t6-/m0/s1. The predicted molar refractivity (Wildman–Crippen MR) is 53.2 cm³/mol. The molecule has 1 heterocycles. The van der Waals surface area contributed by atoms with E-state index in [0.29, 0.717) is 17.7 Å². The van der Waals surface area contributed by atoms with Crippen molar-refractivity contribution in [3.63, 3.8) is 0 Å². The van der Waals surface area contributed by atoms with Crippen LogP contribution in [0.4, 0.5) is 0 Å². The van der Waals surface area contributed by atoms with Crippen LogP contribution in [0.3, 0.4) is 0 Å². The van der Waals surface area contributed by atoms with E-state index in [1.54, 1.807) is 6.07 Å². The molecule has 1 aliphatic heterocycles. The molecule has 1 aromatic carbocycles. The number of phenolic OH excluding ortho intramolecular Hbond substituents is 1. The quantitative estimate of drug-likeness (QED) is 0.710. The first-order chi connectivity index (χ1) is 7.13. The van der Waals surface area contributed by atoms with Crippen LogP contribution < -0.4 is 4.74 Å². The molecule has 0 saturated carbocycles. The minimum Gasteiger partial charge on any atom is -0.507 e. The molecule has 4 nitrogen and oxygen atoms in total. The highest BCUT2D eigenvalue weighted by atomic mass is 16.5. The number of esters is 1. The minimum absolute atomic E-state index is 0.0244. The average Bonchev–Trinajstić information content (AvgIpc) is 2.59. The lowest BCUT2D eigenvalue weighted by atomic mass is 10.1. The van der Waals surface area contributed by atoms with E-state index in [9.17, 15) is 9.90 Å². The third-order valence-corrected chi connectivity index (χ3v) is 2.46. The molecule has 0 saturated heterocycles. The molecule has 1 N–H and O–H groups in total. The summed E-state index contributed by atoms with van der Waals surface area (Å²) in [5.74, 6) is 0.0891. The molecule has 0 aliphatic carbocycles. The Kier molecular flexibility index (Phi) is 2.26. The Morgan fingerprint density at radius 1 is 1.60 bits per heavy atom. The van der Waals surface area contributed by atoms with Gasteiger partial charge in [-0.1, -0.05) is 0 Å². The van der Waals surface area contributed by atoms with E-state index < -0.39 is 5.97 Å². The number of ether oxygens (including phenoxy) is 2. The Labute approximate surface area is 87.4 Å². The first kappa shape index (κ1) is 9.83. The van der Waals surface area contributed by atoms with Gasteiger partial charge in [-0.3, -0.25) is 0 Å². The van der Waals surface area contributed by atoms with Gasteiger partial charge < -0.3 is 14.6 Å². The summed E-state index contributed by atoms with van der Waals surface area (Å²) in [7, 11) is 1.29. The van der Waals surface area contributed by atoms with Gasteiger partial charge in [0, 0.05) is 12.0 Å². The Morgan fingerprint density at radius 3 is 3.00 bits per heavy atom. The molecule has 2 rings (SSSR count). The van der Waals surface area contributed by atoms with Crippen molar-refractivity contribution < 1.29 is 19.4 Å². The molecule has 0 amide bonds. The Balaban J connectivity index is 2.47. The minimum atomic E-state index is -0.533. The zero-order chi connectivity index (χ0) is 11.0. The molecule has 0 unspecified atom stereocenters. The van der Waals surface area contributed by atoms with Gasteiger partial charge in [-0.2, -0.15) is 0 Å². The lowest BCUT2D eigenvalue weighted by molar-refractivity contribution is 0.0597. The van der Waals surface area contributed by atoms with Crippen LogP contribution in [0.15, 0.2) is 12.1 Å². The first-order valence-electron chi connectivity index (χ1n) is 4.73. The summed E-state index contributed by atoms with van der Waals surface area (Å²) >= 11 is 0. The van der Waals surface area contributed by atoms with Crippen LogP contribution in [0.25, 0.3) is 0 Å². The fourth-order valence-corrected chi connectivity index (χ4v) is 1.75. The summed E-state index contributed by atoms with van der Waals surface area (Å²) in [4.78, 5) is 11.3. The summed E-state index contributed by atoms with van der Waals surface area (Å²) in [6.45, 7) is 1.91. The summed E-state index contributed by atoms with van der Waals surface area (Å²) in [6.07, 6.45) is 0.658. The van der Waals surface area contributed by atoms with Crippen LogP contribution in [-0.4, -0.2) is 24.3 Å². The molecule has 4 heteroatoms. The summed E-state index contributed by atoms with van der Waals surface area (Å²) in [6, 6.07) is 3.20. The highest BCUT2D eigenvalue weighted by molar-refractivity contribution is 5.93. The zero-order valence-corrected chi connectivity index (χ0v) is 8.61. The molecule has 1 aromatic rings. The van der Waals surface area contributed by atoms with Crippen LogP contribution in [0, 0.1) is 0 Å². The van der Waals surface area contributed by atoms with Gasteiger partial charge in [0.25, 0.3) is 0 Å². The predicted octanol–water partition coefficient (Wildman–Crippen LogP) is 1.50. The van der Waals surface area contributed by atoms with Gasteiger partial charge >= 0.3 is 5.97 Å². The molecular formula is C11H12O4. The first-order valence-corrected chi connectivity index (χ1v) is 4.73. The molecule has 0 bridgehead atoms. The second-order valence-electron chi connectivity index (χ2n) is 3.56. The van der Waals surface area contributed by atoms with Gasteiger partial charge in [0.05, 0.1) is 7.11 Å². The summed E-state index contributed by atoms with van der Waals surface area (Å²) in [5.41, 5.74) is 0.874. The Hall–Kier alpha value is -1.71. The van der Waals surface area contributed by atoms with Gasteiger partial charge in [-0.15, -0.1) is 0 Å². The maximum absolute atomic E-state index is 11.3. The maximum Gasteiger partial charge on any atom is 0.341 e. The van der Waals surface area contributed by atoms with E-state index in [-0.39, 0.29) is 17.4 Å². The van der Waals surface area contributed by atoms with Crippen LogP contribution >= 0.6 is 0 Å². The number of carbonyl (C=O) groups is 1. The number of aromatic hydroxyl groups is 1. The van der Waals surface area contributed by atoms with Crippen molar-refractivity contribution in [2.24, 2.45) is 0 Å². The Bertz CT molecular complexity index is 411. The van der Waals surface area contributed by atoms with Crippen molar-refractivity contribution in [1.29, 1.82) is 0 Å². The summed E-state index contributed by atoms with van der Waals surface area (Å²) < 4.78 is 10.0. The van der Waals surface area contributed by atoms with Crippen LogP contribution in [-0.2, 0) is 11.2 Å². The molecule has 80 valence electrons. The maximum atomic E-state index is 11.3. The highest BCUT2D eigenvalue weighted by Crippen LogP contribution is 2.37. The number of methoxy groups -OCH3 is 1. The smallest absolute Gasteiger partial charge is 0.341 e. The van der Waals surface area contributed by atoms with Gasteiger partial charge in [-0.05, 0) is 19.1 Å². The third kappa shape index (κ3) is 1.52. The van der Waals surface area contributed by atoms with E-state index in [1.165, 1.54) is 13.2 Å². The molecule has 0 fully saturated rings. The molecule has 0 spiro atoms. The van der Waals surface area contributed by atoms with Crippen LogP contribution in [0.5, 0.6) is 11.5 Å².